The number of phosphoric acid groups is 1. The van der Waals surface area contributed by atoms with E-state index in [1.165, 1.54) is 37.3 Å². The van der Waals surface area contributed by atoms with E-state index in [4.69, 9.17) is 5.73 Å². The Labute approximate surface area is 313 Å². The van der Waals surface area contributed by atoms with Gasteiger partial charge in [0, 0.05) is 35.8 Å². The van der Waals surface area contributed by atoms with Crippen molar-refractivity contribution >= 4 is 42.9 Å². The highest BCUT2D eigenvalue weighted by atomic mass is 31.2. The molecule has 0 bridgehead atoms. The molecule has 6 N–H and O–H groups in total. The van der Waals surface area contributed by atoms with E-state index in [9.17, 15) is 69.4 Å². The zero-order valence-electron chi connectivity index (χ0n) is 29.3. The van der Waals surface area contributed by atoms with E-state index in [-0.39, 0.29) is 33.7 Å². The SMILES string of the molecule is Cc1cccc2c1N(C(C)(C(=O)O)c1ccc(OP(=O)(O)O)cc1)C(=O)[C@@H](NC(=O)[C@H](CCC(F)(F)F)[C@H](CCC(F)(F)F)C(N)=O)N=C2c1cccc(F)c1. The van der Waals surface area contributed by atoms with Crippen molar-refractivity contribution < 1.29 is 73.9 Å². The number of anilines is 1. The fourth-order valence-corrected chi connectivity index (χ4v) is 6.70. The minimum Gasteiger partial charge on any atom is -0.479 e. The molecule has 302 valence electrons. The van der Waals surface area contributed by atoms with Crippen molar-refractivity contribution in [3.8, 4) is 5.75 Å². The van der Waals surface area contributed by atoms with Crippen LogP contribution in [0, 0.1) is 24.6 Å². The number of aryl methyl sites for hydroxylation is 1. The number of aliphatic imine (C=N–C) groups is 1. The molecule has 1 unspecified atom stereocenters. The summed E-state index contributed by atoms with van der Waals surface area (Å²) in [7, 11) is -5.08. The minimum atomic E-state index is -5.08. The molecule has 13 nitrogen and oxygen atoms in total. The number of carboxylic acid groups (broad SMARTS) is 1. The molecule has 1 aliphatic rings. The van der Waals surface area contributed by atoms with Gasteiger partial charge in [0.25, 0.3) is 5.91 Å². The number of nitrogens with zero attached hydrogens (tertiary/aromatic N) is 2. The van der Waals surface area contributed by atoms with Gasteiger partial charge in [-0.3, -0.25) is 29.1 Å². The lowest BCUT2D eigenvalue weighted by Crippen LogP contribution is -2.59. The third-order valence-corrected chi connectivity index (χ3v) is 9.42. The maximum absolute atomic E-state index is 14.8. The molecule has 3 aromatic carbocycles. The number of rotatable bonds is 14. The second-order valence-corrected chi connectivity index (χ2v) is 14.1. The normalized spacial score (nSPS) is 17.1. The molecule has 0 fully saturated rings. The predicted octanol–water partition coefficient (Wildman–Crippen LogP) is 5.63. The number of phosphoric ester groups is 1. The number of aliphatic carboxylic acids is 1. The Morgan fingerprint density at radius 1 is 0.946 bits per heavy atom. The number of amides is 3. The van der Waals surface area contributed by atoms with Crippen molar-refractivity contribution in [2.75, 3.05) is 4.90 Å². The Hall–Kier alpha value is -5.33. The molecule has 0 saturated heterocycles. The van der Waals surface area contributed by atoms with Gasteiger partial charge >= 0.3 is 26.1 Å². The van der Waals surface area contributed by atoms with Gasteiger partial charge in [-0.15, -0.1) is 0 Å². The number of fused-ring (bicyclic) bond motifs is 1. The summed E-state index contributed by atoms with van der Waals surface area (Å²) in [5, 5.41) is 12.9. The molecule has 1 heterocycles. The van der Waals surface area contributed by atoms with E-state index in [0.29, 0.717) is 4.90 Å². The maximum atomic E-state index is 14.8. The Kier molecular flexibility index (Phi) is 12.7. The van der Waals surface area contributed by atoms with Crippen LogP contribution < -0.4 is 20.5 Å². The van der Waals surface area contributed by atoms with Crippen LogP contribution in [0.5, 0.6) is 5.75 Å². The van der Waals surface area contributed by atoms with Crippen LogP contribution in [-0.4, -0.2) is 62.8 Å². The Balaban J connectivity index is 1.97. The summed E-state index contributed by atoms with van der Waals surface area (Å²) in [6, 6.07) is 13.0. The molecule has 3 aromatic rings. The summed E-state index contributed by atoms with van der Waals surface area (Å²) < 4.78 is 111. The molecule has 21 heteroatoms. The van der Waals surface area contributed by atoms with Crippen LogP contribution in [0.4, 0.5) is 36.4 Å². The lowest BCUT2D eigenvalue weighted by atomic mass is 9.83. The van der Waals surface area contributed by atoms with Gasteiger partial charge in [-0.05, 0) is 62.1 Å². The first kappa shape index (κ1) is 43.4. The number of nitrogens with one attached hydrogen (secondary N) is 1. The summed E-state index contributed by atoms with van der Waals surface area (Å²) in [4.78, 5) is 78.0. The monoisotopic (exact) mass is 818 g/mol. The number of alkyl halides is 6. The van der Waals surface area contributed by atoms with E-state index in [0.717, 1.165) is 43.3 Å². The van der Waals surface area contributed by atoms with Gasteiger partial charge in [-0.1, -0.05) is 42.5 Å². The minimum absolute atomic E-state index is 0.0107. The first-order valence-electron chi connectivity index (χ1n) is 16.4. The number of nitrogens with two attached hydrogens (primary N) is 1. The number of carboxylic acids is 1. The van der Waals surface area contributed by atoms with Crippen LogP contribution in [0.1, 0.15) is 54.9 Å². The number of carbonyl (C=O) groups is 4. The van der Waals surface area contributed by atoms with Gasteiger partial charge in [0.1, 0.15) is 11.6 Å². The fourth-order valence-electron chi connectivity index (χ4n) is 6.30. The number of primary amides is 1. The quantitative estimate of drug-likeness (QED) is 0.101. The molecule has 4 rings (SSSR count). The third kappa shape index (κ3) is 10.3. The van der Waals surface area contributed by atoms with Crippen LogP contribution >= 0.6 is 7.82 Å². The number of hydrogen-bond acceptors (Lipinski definition) is 7. The second kappa shape index (κ2) is 16.4. The van der Waals surface area contributed by atoms with E-state index >= 15 is 0 Å². The number of hydrogen-bond donors (Lipinski definition) is 5. The highest BCUT2D eigenvalue weighted by Gasteiger charge is 2.50. The van der Waals surface area contributed by atoms with Crippen molar-refractivity contribution in [3.05, 3.63) is 94.8 Å². The highest BCUT2D eigenvalue weighted by Crippen LogP contribution is 2.43. The maximum Gasteiger partial charge on any atom is 0.524 e. The predicted molar refractivity (Wildman–Crippen MR) is 183 cm³/mol. The lowest BCUT2D eigenvalue weighted by molar-refractivity contribution is -0.152. The highest BCUT2D eigenvalue weighted by molar-refractivity contribution is 7.46. The molecule has 0 aliphatic carbocycles. The number of benzodiazepines with no additional fused rings is 1. The van der Waals surface area contributed by atoms with E-state index in [2.05, 4.69) is 14.8 Å². The molecular weight excluding hydrogens is 784 g/mol. The summed E-state index contributed by atoms with van der Waals surface area (Å²) in [5.74, 6) is -11.7. The molecular formula is C35H34F7N4O9P. The fraction of sp³-hybridized carbons (Fsp3) is 0.343. The molecule has 0 saturated carbocycles. The molecule has 4 atom stereocenters. The zero-order chi connectivity index (χ0) is 42.0. The Morgan fingerprint density at radius 3 is 2.04 bits per heavy atom. The average molecular weight is 819 g/mol. The van der Waals surface area contributed by atoms with Crippen molar-refractivity contribution in [3.63, 3.8) is 0 Å². The Bertz CT molecular complexity index is 2070. The van der Waals surface area contributed by atoms with Gasteiger partial charge in [0.15, 0.2) is 5.54 Å². The van der Waals surface area contributed by atoms with Crippen LogP contribution in [0.15, 0.2) is 71.7 Å². The van der Waals surface area contributed by atoms with Crippen molar-refractivity contribution in [1.29, 1.82) is 0 Å². The Morgan fingerprint density at radius 2 is 1.52 bits per heavy atom. The molecule has 3 amide bonds. The molecule has 0 radical (unpaired) electrons. The summed E-state index contributed by atoms with van der Waals surface area (Å²) >= 11 is 0. The van der Waals surface area contributed by atoms with Crippen LogP contribution in [-0.2, 0) is 29.3 Å². The van der Waals surface area contributed by atoms with E-state index in [1.54, 1.807) is 0 Å². The number of para-hydroxylation sites is 1. The van der Waals surface area contributed by atoms with Crippen LogP contribution in [0.2, 0.25) is 0 Å². The molecule has 1 aliphatic heterocycles. The topological polar surface area (TPSA) is 209 Å². The van der Waals surface area contributed by atoms with Gasteiger partial charge < -0.3 is 20.7 Å². The summed E-state index contributed by atoms with van der Waals surface area (Å²) in [5.41, 5.74) is 2.34. The average Bonchev–Trinajstić information content (AvgIpc) is 3.19. The van der Waals surface area contributed by atoms with Gasteiger partial charge in [-0.25, -0.2) is 18.7 Å². The zero-order valence-corrected chi connectivity index (χ0v) is 30.2. The first-order chi connectivity index (χ1) is 25.8. The van der Waals surface area contributed by atoms with Crippen molar-refractivity contribution in [1.82, 2.24) is 5.32 Å². The lowest BCUT2D eigenvalue weighted by Gasteiger charge is -2.40. The van der Waals surface area contributed by atoms with E-state index < -0.39 is 105 Å². The van der Waals surface area contributed by atoms with Crippen molar-refractivity contribution in [2.24, 2.45) is 22.6 Å². The standard InChI is InChI=1S/C35H34F7N4O9P/c1-18-5-3-8-25-26(19-6-4-7-21(36)17-19)44-29(45-30(48)24(14-16-35(40,41)42)23(28(43)47)13-15-34(37,38)39)31(49)46(27(18)25)33(2,32(50)51)20-9-11-22(12-10-20)55-56(52,53)54/h3-12,17,23-24,29H,13-16H2,1-2H3,(H2,43,47)(H,45,48)(H,50,51)(H2,52,53,54)/t23-,24+,29+,33?/m0/s1. The van der Waals surface area contributed by atoms with Gasteiger partial charge in [-0.2, -0.15) is 26.3 Å². The molecule has 0 spiro atoms. The van der Waals surface area contributed by atoms with Crippen molar-refractivity contribution in [2.45, 2.75) is 63.6 Å². The number of halogens is 7. The smallest absolute Gasteiger partial charge is 0.479 e. The van der Waals surface area contributed by atoms with Gasteiger partial charge in [0.05, 0.1) is 11.4 Å². The van der Waals surface area contributed by atoms with Crippen LogP contribution in [0.3, 0.4) is 0 Å². The first-order valence-corrected chi connectivity index (χ1v) is 18.0. The number of carbonyl (C=O) groups excluding carboxylic acids is 3. The second-order valence-electron chi connectivity index (χ2n) is 13.0. The van der Waals surface area contributed by atoms with Crippen LogP contribution in [0.25, 0.3) is 0 Å². The molecule has 0 aromatic heterocycles. The summed E-state index contributed by atoms with van der Waals surface area (Å²) in [6.07, 6.45) is -18.1. The third-order valence-electron chi connectivity index (χ3n) is 8.98. The number of benzene rings is 3. The molecule has 56 heavy (non-hydrogen) atoms. The summed E-state index contributed by atoms with van der Waals surface area (Å²) in [6.45, 7) is 2.51. The largest absolute Gasteiger partial charge is 0.524 e. The van der Waals surface area contributed by atoms with E-state index in [1.807, 2.05) is 0 Å². The van der Waals surface area contributed by atoms with Gasteiger partial charge in [0.2, 0.25) is 18.0 Å².